The lowest BCUT2D eigenvalue weighted by molar-refractivity contribution is -0.137. The van der Waals surface area contributed by atoms with Crippen molar-refractivity contribution in [1.82, 2.24) is 14.5 Å². The molecule has 0 radical (unpaired) electrons. The highest BCUT2D eigenvalue weighted by atomic mass is 19.4. The standard InChI is InChI=1S/C26H25F3N4O/c1-3-4-13-23-31-22-15-21(32-25(34)19-10-6-5-7-11-19)17(2)30-24(22)33(23)16-18-9-8-12-20(14-18)26(27,28)29/h5-12,14-15H,3-4,13,16H2,1-2H3,(H,32,34). The smallest absolute Gasteiger partial charge is 0.320 e. The Kier molecular flexibility index (Phi) is 6.68. The number of anilines is 1. The Hall–Kier alpha value is -3.68. The van der Waals surface area contributed by atoms with E-state index in [0.717, 1.165) is 30.8 Å². The highest BCUT2D eigenvalue weighted by Gasteiger charge is 2.30. The molecule has 0 aliphatic heterocycles. The number of carbonyl (C=O) groups excluding carboxylic acids is 1. The number of unbranched alkanes of at least 4 members (excludes halogenated alkanes) is 1. The summed E-state index contributed by atoms with van der Waals surface area (Å²) in [5.41, 5.74) is 2.69. The number of rotatable bonds is 7. The van der Waals surface area contributed by atoms with Crippen molar-refractivity contribution in [2.75, 3.05) is 5.32 Å². The van der Waals surface area contributed by atoms with Gasteiger partial charge >= 0.3 is 6.18 Å². The Morgan fingerprint density at radius 3 is 2.50 bits per heavy atom. The molecule has 0 saturated heterocycles. The Morgan fingerprint density at radius 1 is 1.03 bits per heavy atom. The molecular weight excluding hydrogens is 441 g/mol. The lowest BCUT2D eigenvalue weighted by Gasteiger charge is -2.12. The van der Waals surface area contributed by atoms with Gasteiger partial charge < -0.3 is 9.88 Å². The summed E-state index contributed by atoms with van der Waals surface area (Å²) in [5.74, 6) is 0.507. The van der Waals surface area contributed by atoms with E-state index in [1.54, 1.807) is 43.3 Å². The van der Waals surface area contributed by atoms with Crippen LogP contribution in [-0.2, 0) is 19.1 Å². The summed E-state index contributed by atoms with van der Waals surface area (Å²) in [6.07, 6.45) is -1.88. The van der Waals surface area contributed by atoms with Crippen LogP contribution in [0.4, 0.5) is 18.9 Å². The molecule has 0 atom stereocenters. The molecule has 0 unspecified atom stereocenters. The molecule has 176 valence electrons. The second-order valence-corrected chi connectivity index (χ2v) is 8.20. The Balaban J connectivity index is 1.71. The van der Waals surface area contributed by atoms with E-state index in [0.29, 0.717) is 40.1 Å². The Morgan fingerprint density at radius 2 is 1.79 bits per heavy atom. The number of aromatic nitrogens is 3. The first-order valence-electron chi connectivity index (χ1n) is 11.2. The summed E-state index contributed by atoms with van der Waals surface area (Å²) in [4.78, 5) is 22.0. The van der Waals surface area contributed by atoms with Crippen LogP contribution in [-0.4, -0.2) is 20.4 Å². The van der Waals surface area contributed by atoms with Gasteiger partial charge in [-0.3, -0.25) is 4.79 Å². The molecule has 1 N–H and O–H groups in total. The molecule has 4 rings (SSSR count). The quantitative estimate of drug-likeness (QED) is 0.343. The zero-order valence-electron chi connectivity index (χ0n) is 19.0. The van der Waals surface area contributed by atoms with Gasteiger partial charge in [-0.25, -0.2) is 9.97 Å². The van der Waals surface area contributed by atoms with Crippen LogP contribution in [0.25, 0.3) is 11.2 Å². The number of hydrogen-bond acceptors (Lipinski definition) is 3. The summed E-state index contributed by atoms with van der Waals surface area (Å²) in [6.45, 7) is 4.08. The molecule has 2 aromatic carbocycles. The van der Waals surface area contributed by atoms with Crippen LogP contribution >= 0.6 is 0 Å². The number of aryl methyl sites for hydroxylation is 2. The second-order valence-electron chi connectivity index (χ2n) is 8.20. The first-order valence-corrected chi connectivity index (χ1v) is 11.2. The van der Waals surface area contributed by atoms with Crippen LogP contribution in [0.5, 0.6) is 0 Å². The molecule has 0 spiro atoms. The average Bonchev–Trinajstić information content (AvgIpc) is 3.14. The lowest BCUT2D eigenvalue weighted by atomic mass is 10.1. The van der Waals surface area contributed by atoms with Crippen molar-refractivity contribution in [3.63, 3.8) is 0 Å². The number of halogens is 3. The van der Waals surface area contributed by atoms with Gasteiger partial charge in [0.25, 0.3) is 5.91 Å². The number of benzene rings is 2. The van der Waals surface area contributed by atoms with Crippen LogP contribution in [0.1, 0.15) is 52.8 Å². The monoisotopic (exact) mass is 466 g/mol. The molecule has 2 aromatic heterocycles. The number of nitrogens with one attached hydrogen (secondary N) is 1. The maximum absolute atomic E-state index is 13.2. The van der Waals surface area contributed by atoms with E-state index < -0.39 is 11.7 Å². The van der Waals surface area contributed by atoms with Crippen molar-refractivity contribution in [3.8, 4) is 0 Å². The van der Waals surface area contributed by atoms with Gasteiger partial charge in [0.1, 0.15) is 11.3 Å². The lowest BCUT2D eigenvalue weighted by Crippen LogP contribution is -2.13. The van der Waals surface area contributed by atoms with Crippen molar-refractivity contribution in [2.24, 2.45) is 0 Å². The van der Waals surface area contributed by atoms with E-state index in [4.69, 9.17) is 4.98 Å². The third-order valence-corrected chi connectivity index (χ3v) is 5.62. The number of fused-ring (bicyclic) bond motifs is 1. The highest BCUT2D eigenvalue weighted by molar-refractivity contribution is 6.05. The molecule has 0 aliphatic rings. The molecule has 0 fully saturated rings. The predicted molar refractivity (Wildman–Crippen MR) is 126 cm³/mol. The van der Waals surface area contributed by atoms with Crippen LogP contribution in [0.2, 0.25) is 0 Å². The first-order chi connectivity index (χ1) is 16.3. The van der Waals surface area contributed by atoms with Crippen molar-refractivity contribution < 1.29 is 18.0 Å². The number of alkyl halides is 3. The number of pyridine rings is 1. The van der Waals surface area contributed by atoms with E-state index in [1.165, 1.54) is 6.07 Å². The minimum absolute atomic E-state index is 0.224. The molecule has 8 heteroatoms. The summed E-state index contributed by atoms with van der Waals surface area (Å²) in [7, 11) is 0. The molecular formula is C26H25F3N4O. The fourth-order valence-corrected chi connectivity index (χ4v) is 3.82. The minimum atomic E-state index is -4.40. The molecule has 0 aliphatic carbocycles. The predicted octanol–water partition coefficient (Wildman–Crippen LogP) is 6.40. The van der Waals surface area contributed by atoms with Gasteiger partial charge in [-0.2, -0.15) is 13.2 Å². The maximum atomic E-state index is 13.2. The van der Waals surface area contributed by atoms with Crippen LogP contribution in [0.3, 0.4) is 0 Å². The van der Waals surface area contributed by atoms with Gasteiger partial charge in [0.05, 0.1) is 23.5 Å². The van der Waals surface area contributed by atoms with Crippen molar-refractivity contribution in [3.05, 3.63) is 88.9 Å². The summed E-state index contributed by atoms with van der Waals surface area (Å²) in [6, 6.07) is 16.0. The molecule has 0 bridgehead atoms. The zero-order valence-corrected chi connectivity index (χ0v) is 19.0. The molecule has 1 amide bonds. The first kappa shape index (κ1) is 23.5. The van der Waals surface area contributed by atoms with E-state index in [1.807, 2.05) is 10.6 Å². The van der Waals surface area contributed by atoms with E-state index in [-0.39, 0.29) is 12.5 Å². The Bertz CT molecular complexity index is 1310. The van der Waals surface area contributed by atoms with Crippen LogP contribution < -0.4 is 5.32 Å². The van der Waals surface area contributed by atoms with Gasteiger partial charge in [0.15, 0.2) is 5.65 Å². The van der Waals surface area contributed by atoms with Gasteiger partial charge in [0.2, 0.25) is 0 Å². The molecule has 0 saturated carbocycles. The van der Waals surface area contributed by atoms with E-state index in [2.05, 4.69) is 17.2 Å². The van der Waals surface area contributed by atoms with Crippen molar-refractivity contribution >= 4 is 22.8 Å². The van der Waals surface area contributed by atoms with Gasteiger partial charge in [-0.15, -0.1) is 0 Å². The normalized spacial score (nSPS) is 11.7. The number of amides is 1. The third kappa shape index (κ3) is 5.11. The van der Waals surface area contributed by atoms with E-state index >= 15 is 0 Å². The molecule has 4 aromatic rings. The minimum Gasteiger partial charge on any atom is -0.320 e. The topological polar surface area (TPSA) is 59.8 Å². The third-order valence-electron chi connectivity index (χ3n) is 5.62. The van der Waals surface area contributed by atoms with Gasteiger partial charge in [-0.1, -0.05) is 43.7 Å². The maximum Gasteiger partial charge on any atom is 0.416 e. The number of nitrogens with zero attached hydrogens (tertiary/aromatic N) is 3. The second kappa shape index (κ2) is 9.67. The van der Waals surface area contributed by atoms with Crippen LogP contribution in [0, 0.1) is 6.92 Å². The molecule has 5 nitrogen and oxygen atoms in total. The molecule has 2 heterocycles. The van der Waals surface area contributed by atoms with Gasteiger partial charge in [-0.05, 0) is 49.2 Å². The summed E-state index contributed by atoms with van der Waals surface area (Å²) >= 11 is 0. The summed E-state index contributed by atoms with van der Waals surface area (Å²) in [5, 5.41) is 2.89. The number of carbonyl (C=O) groups is 1. The Labute approximate surface area is 195 Å². The number of imidazole rings is 1. The SMILES string of the molecule is CCCCc1nc2cc(NC(=O)c3ccccc3)c(C)nc2n1Cc1cccc(C(F)(F)F)c1. The van der Waals surface area contributed by atoms with Crippen molar-refractivity contribution in [1.29, 1.82) is 0 Å². The van der Waals surface area contributed by atoms with E-state index in [9.17, 15) is 18.0 Å². The van der Waals surface area contributed by atoms with Crippen molar-refractivity contribution in [2.45, 2.75) is 45.8 Å². The highest BCUT2D eigenvalue weighted by Crippen LogP contribution is 2.30. The van der Waals surface area contributed by atoms with Gasteiger partial charge in [0, 0.05) is 12.0 Å². The number of hydrogen-bond donors (Lipinski definition) is 1. The fraction of sp³-hybridized carbons (Fsp3) is 0.269. The summed E-state index contributed by atoms with van der Waals surface area (Å²) < 4.78 is 41.5. The fourth-order valence-electron chi connectivity index (χ4n) is 3.82. The average molecular weight is 467 g/mol. The van der Waals surface area contributed by atoms with Crippen LogP contribution in [0.15, 0.2) is 60.7 Å². The molecule has 34 heavy (non-hydrogen) atoms. The zero-order chi connectivity index (χ0) is 24.3. The largest absolute Gasteiger partial charge is 0.416 e.